The van der Waals surface area contributed by atoms with Crippen LogP contribution in [0.5, 0.6) is 0 Å². The summed E-state index contributed by atoms with van der Waals surface area (Å²) in [5.41, 5.74) is -0.0949. The summed E-state index contributed by atoms with van der Waals surface area (Å²) >= 11 is 5.54. The summed E-state index contributed by atoms with van der Waals surface area (Å²) in [7, 11) is 0. The second-order valence-corrected chi connectivity index (χ2v) is 3.19. The van der Waals surface area contributed by atoms with Crippen LogP contribution in [0, 0.1) is 17.1 Å². The van der Waals surface area contributed by atoms with Gasteiger partial charge in [0.05, 0.1) is 17.7 Å². The minimum absolute atomic E-state index is 0.0168. The molecule has 0 unspecified atom stereocenters. The summed E-state index contributed by atoms with van der Waals surface area (Å²) in [6, 6.07) is 4.40. The molecule has 0 aromatic heterocycles. The van der Waals surface area contributed by atoms with Gasteiger partial charge < -0.3 is 4.74 Å². The van der Waals surface area contributed by atoms with Crippen molar-refractivity contribution in [2.45, 2.75) is 12.8 Å². The van der Waals surface area contributed by atoms with E-state index in [1.165, 1.54) is 12.1 Å². The molecule has 16 heavy (non-hydrogen) atoms. The topological polar surface area (TPSA) is 50.1 Å². The van der Waals surface area contributed by atoms with Gasteiger partial charge in [-0.05, 0) is 18.6 Å². The third kappa shape index (κ3) is 2.31. The average Bonchev–Trinajstić information content (AvgIpc) is 2.28. The van der Waals surface area contributed by atoms with E-state index in [2.05, 4.69) is 4.74 Å². The van der Waals surface area contributed by atoms with Gasteiger partial charge in [0.25, 0.3) is 0 Å². The van der Waals surface area contributed by atoms with E-state index < -0.39 is 11.8 Å². The van der Waals surface area contributed by atoms with E-state index >= 15 is 0 Å². The molecule has 0 amide bonds. The monoisotopic (exact) mass is 241 g/mol. The number of halogens is 2. The smallest absolute Gasteiger partial charge is 0.341 e. The van der Waals surface area contributed by atoms with E-state index in [0.29, 0.717) is 5.56 Å². The summed E-state index contributed by atoms with van der Waals surface area (Å²) in [6.45, 7) is 1.77. The molecule has 0 radical (unpaired) electrons. The van der Waals surface area contributed by atoms with Gasteiger partial charge in [-0.15, -0.1) is 11.6 Å². The molecule has 0 saturated heterocycles. The van der Waals surface area contributed by atoms with E-state index in [9.17, 15) is 9.18 Å². The molecule has 0 atom stereocenters. The van der Waals surface area contributed by atoms with Crippen LogP contribution in [0.4, 0.5) is 4.39 Å². The molecule has 1 aromatic rings. The average molecular weight is 242 g/mol. The van der Waals surface area contributed by atoms with Crippen molar-refractivity contribution < 1.29 is 13.9 Å². The maximum absolute atomic E-state index is 13.7. The number of benzene rings is 1. The standard InChI is InChI=1S/C11H9ClFNO2/c1-2-16-11(15)8-4-3-7(5-12)9(6-14)10(8)13/h3-4H,2,5H2,1H3. The van der Waals surface area contributed by atoms with E-state index in [4.69, 9.17) is 16.9 Å². The Morgan fingerprint density at radius 2 is 2.31 bits per heavy atom. The number of carbonyl (C=O) groups is 1. The summed E-state index contributed by atoms with van der Waals surface area (Å²) in [5, 5.41) is 8.77. The Bertz CT molecular complexity index is 454. The molecule has 0 saturated carbocycles. The molecule has 0 aliphatic rings. The van der Waals surface area contributed by atoms with Gasteiger partial charge in [0.1, 0.15) is 6.07 Å². The number of rotatable bonds is 3. The first-order valence-corrected chi connectivity index (χ1v) is 5.13. The lowest BCUT2D eigenvalue weighted by molar-refractivity contribution is 0.0521. The molecular formula is C11H9ClFNO2. The zero-order chi connectivity index (χ0) is 12.1. The predicted octanol–water partition coefficient (Wildman–Crippen LogP) is 2.61. The Hall–Kier alpha value is -1.60. The molecule has 5 heteroatoms. The molecule has 3 nitrogen and oxygen atoms in total. The Morgan fingerprint density at radius 1 is 1.62 bits per heavy atom. The highest BCUT2D eigenvalue weighted by molar-refractivity contribution is 6.17. The molecule has 0 heterocycles. The molecule has 0 aliphatic carbocycles. The van der Waals surface area contributed by atoms with E-state index in [1.807, 2.05) is 0 Å². The van der Waals surface area contributed by atoms with Crippen molar-refractivity contribution in [2.75, 3.05) is 6.61 Å². The SMILES string of the molecule is CCOC(=O)c1ccc(CCl)c(C#N)c1F. The number of nitriles is 1. The second kappa shape index (κ2) is 5.47. The highest BCUT2D eigenvalue weighted by atomic mass is 35.5. The number of esters is 1. The molecule has 0 bridgehead atoms. The van der Waals surface area contributed by atoms with Crippen LogP contribution >= 0.6 is 11.6 Å². The molecule has 1 aromatic carbocycles. The Morgan fingerprint density at radius 3 is 2.81 bits per heavy atom. The Kier molecular flexibility index (Phi) is 4.27. The number of alkyl halides is 1. The van der Waals surface area contributed by atoms with Gasteiger partial charge in [0.15, 0.2) is 5.82 Å². The van der Waals surface area contributed by atoms with Crippen LogP contribution in [0.2, 0.25) is 0 Å². The van der Waals surface area contributed by atoms with Crippen molar-refractivity contribution in [3.05, 3.63) is 34.6 Å². The second-order valence-electron chi connectivity index (χ2n) is 2.93. The van der Waals surface area contributed by atoms with Gasteiger partial charge in [0, 0.05) is 5.88 Å². The molecule has 0 N–H and O–H groups in total. The third-order valence-electron chi connectivity index (χ3n) is 1.98. The van der Waals surface area contributed by atoms with Crippen molar-refractivity contribution in [3.8, 4) is 6.07 Å². The van der Waals surface area contributed by atoms with Gasteiger partial charge in [-0.25, -0.2) is 9.18 Å². The summed E-state index contributed by atoms with van der Waals surface area (Å²) in [4.78, 5) is 11.3. The fourth-order valence-electron chi connectivity index (χ4n) is 1.21. The molecule has 1 rings (SSSR count). The van der Waals surface area contributed by atoms with Crippen molar-refractivity contribution in [2.24, 2.45) is 0 Å². The van der Waals surface area contributed by atoms with Gasteiger partial charge in [-0.1, -0.05) is 6.07 Å². The van der Waals surface area contributed by atoms with E-state index in [1.54, 1.807) is 13.0 Å². The number of nitrogens with zero attached hydrogens (tertiary/aromatic N) is 1. The molecule has 0 fully saturated rings. The van der Waals surface area contributed by atoms with Crippen LogP contribution in [0.25, 0.3) is 0 Å². The quantitative estimate of drug-likeness (QED) is 0.604. The fourth-order valence-corrected chi connectivity index (χ4v) is 1.44. The number of ether oxygens (including phenoxy) is 1. The number of hydrogen-bond donors (Lipinski definition) is 0. The molecule has 0 aliphatic heterocycles. The summed E-state index contributed by atoms with van der Waals surface area (Å²) in [5.74, 6) is -1.64. The third-order valence-corrected chi connectivity index (χ3v) is 2.27. The molecule has 84 valence electrons. The lowest BCUT2D eigenvalue weighted by Crippen LogP contribution is -2.09. The van der Waals surface area contributed by atoms with Crippen molar-refractivity contribution >= 4 is 17.6 Å². The van der Waals surface area contributed by atoms with Crippen molar-refractivity contribution in [1.82, 2.24) is 0 Å². The largest absolute Gasteiger partial charge is 0.462 e. The van der Waals surface area contributed by atoms with Crippen LogP contribution in [0.15, 0.2) is 12.1 Å². The highest BCUT2D eigenvalue weighted by Gasteiger charge is 2.18. The lowest BCUT2D eigenvalue weighted by atomic mass is 10.0. The minimum Gasteiger partial charge on any atom is -0.462 e. The number of carbonyl (C=O) groups excluding carboxylic acids is 1. The van der Waals surface area contributed by atoms with Crippen LogP contribution in [-0.4, -0.2) is 12.6 Å². The van der Waals surface area contributed by atoms with Gasteiger partial charge in [0.2, 0.25) is 0 Å². The van der Waals surface area contributed by atoms with E-state index in [0.717, 1.165) is 0 Å². The zero-order valence-electron chi connectivity index (χ0n) is 8.59. The van der Waals surface area contributed by atoms with Crippen LogP contribution in [0.1, 0.15) is 28.4 Å². The summed E-state index contributed by atoms with van der Waals surface area (Å²) in [6.07, 6.45) is 0. The number of hydrogen-bond acceptors (Lipinski definition) is 3. The first-order chi connectivity index (χ1) is 7.65. The van der Waals surface area contributed by atoms with Gasteiger partial charge in [-0.3, -0.25) is 0 Å². The first kappa shape index (κ1) is 12.5. The van der Waals surface area contributed by atoms with Crippen LogP contribution in [0.3, 0.4) is 0 Å². The highest BCUT2D eigenvalue weighted by Crippen LogP contribution is 2.19. The maximum Gasteiger partial charge on any atom is 0.341 e. The maximum atomic E-state index is 13.7. The predicted molar refractivity (Wildman–Crippen MR) is 56.6 cm³/mol. The zero-order valence-corrected chi connectivity index (χ0v) is 9.34. The molecular weight excluding hydrogens is 233 g/mol. The molecule has 0 spiro atoms. The Labute approximate surface area is 97.4 Å². The van der Waals surface area contributed by atoms with Crippen LogP contribution < -0.4 is 0 Å². The van der Waals surface area contributed by atoms with Gasteiger partial charge >= 0.3 is 5.97 Å². The fraction of sp³-hybridized carbons (Fsp3) is 0.273. The summed E-state index contributed by atoms with van der Waals surface area (Å²) < 4.78 is 18.4. The lowest BCUT2D eigenvalue weighted by Gasteiger charge is -2.06. The first-order valence-electron chi connectivity index (χ1n) is 4.60. The van der Waals surface area contributed by atoms with Crippen molar-refractivity contribution in [1.29, 1.82) is 5.26 Å². The minimum atomic E-state index is -0.876. The van der Waals surface area contributed by atoms with Gasteiger partial charge in [-0.2, -0.15) is 5.26 Å². The van der Waals surface area contributed by atoms with Crippen LogP contribution in [-0.2, 0) is 10.6 Å². The Balaban J connectivity index is 3.25. The van der Waals surface area contributed by atoms with Crippen molar-refractivity contribution in [3.63, 3.8) is 0 Å². The van der Waals surface area contributed by atoms with E-state index in [-0.39, 0.29) is 23.6 Å². The normalized spacial score (nSPS) is 9.62.